The number of carbonyl (C=O) groups is 3. The number of amides is 2. The Balaban J connectivity index is 1.88. The molecule has 0 aromatic rings. The van der Waals surface area contributed by atoms with E-state index in [1.165, 1.54) is 0 Å². The smallest absolute Gasteiger partial charge is 0.310 e. The minimum atomic E-state index is -0.839. The van der Waals surface area contributed by atoms with Crippen LogP contribution in [0.5, 0.6) is 0 Å². The molecule has 112 valence electrons. The Labute approximate surface area is 118 Å². The van der Waals surface area contributed by atoms with Crippen LogP contribution in [0, 0.1) is 17.8 Å². The molecular weight excluding hydrogens is 260 g/mol. The molecule has 2 heterocycles. The van der Waals surface area contributed by atoms with Gasteiger partial charge in [0.25, 0.3) is 0 Å². The normalized spacial score (nSPS) is 23.6. The number of nitrogens with zero attached hydrogens (tertiary/aromatic N) is 2. The Morgan fingerprint density at radius 1 is 1.05 bits per heavy atom. The Morgan fingerprint density at radius 2 is 1.65 bits per heavy atom. The summed E-state index contributed by atoms with van der Waals surface area (Å²) in [4.78, 5) is 38.4. The van der Waals surface area contributed by atoms with Crippen molar-refractivity contribution >= 4 is 17.8 Å². The van der Waals surface area contributed by atoms with Crippen molar-refractivity contribution in [2.24, 2.45) is 17.8 Å². The number of carboxylic acids is 1. The maximum Gasteiger partial charge on any atom is 0.310 e. The highest BCUT2D eigenvalue weighted by Crippen LogP contribution is 2.24. The standard InChI is InChI=1S/C14H22N2O4/c1-9(2)12(17)15-5-3-4-10(6-15)13(18)16-7-11(8-16)14(19)20/h9-11H,3-8H2,1-2H3,(H,19,20). The predicted molar refractivity (Wildman–Crippen MR) is 71.8 cm³/mol. The van der Waals surface area contributed by atoms with E-state index in [-0.39, 0.29) is 23.7 Å². The van der Waals surface area contributed by atoms with Crippen LogP contribution >= 0.6 is 0 Å². The van der Waals surface area contributed by atoms with Crippen LogP contribution in [0.2, 0.25) is 0 Å². The fourth-order valence-electron chi connectivity index (χ4n) is 2.82. The number of hydrogen-bond acceptors (Lipinski definition) is 3. The zero-order chi connectivity index (χ0) is 14.9. The molecule has 0 spiro atoms. The van der Waals surface area contributed by atoms with E-state index in [9.17, 15) is 14.4 Å². The van der Waals surface area contributed by atoms with E-state index in [0.717, 1.165) is 19.4 Å². The van der Waals surface area contributed by atoms with Crippen LogP contribution in [0.15, 0.2) is 0 Å². The first-order valence-electron chi connectivity index (χ1n) is 7.20. The van der Waals surface area contributed by atoms with Crippen LogP contribution in [0.4, 0.5) is 0 Å². The first kappa shape index (κ1) is 14.8. The molecule has 0 saturated carbocycles. The lowest BCUT2D eigenvalue weighted by atomic mass is 9.92. The number of rotatable bonds is 3. The van der Waals surface area contributed by atoms with Gasteiger partial charge in [0.1, 0.15) is 0 Å². The quantitative estimate of drug-likeness (QED) is 0.814. The number of likely N-dealkylation sites (tertiary alicyclic amines) is 2. The number of piperidine rings is 1. The molecule has 1 N–H and O–H groups in total. The van der Waals surface area contributed by atoms with E-state index in [4.69, 9.17) is 5.11 Å². The van der Waals surface area contributed by atoms with E-state index in [1.807, 2.05) is 13.8 Å². The predicted octanol–water partition coefficient (Wildman–Crippen LogP) is 0.424. The molecule has 6 nitrogen and oxygen atoms in total. The van der Waals surface area contributed by atoms with Gasteiger partial charge in [0.05, 0.1) is 11.8 Å². The summed E-state index contributed by atoms with van der Waals surface area (Å²) in [5, 5.41) is 8.83. The monoisotopic (exact) mass is 282 g/mol. The highest BCUT2D eigenvalue weighted by atomic mass is 16.4. The highest BCUT2D eigenvalue weighted by Gasteiger charge is 2.39. The van der Waals surface area contributed by atoms with Gasteiger partial charge in [0.2, 0.25) is 11.8 Å². The van der Waals surface area contributed by atoms with E-state index >= 15 is 0 Å². The van der Waals surface area contributed by atoms with Gasteiger partial charge in [-0.1, -0.05) is 13.8 Å². The maximum atomic E-state index is 12.3. The van der Waals surface area contributed by atoms with Gasteiger partial charge < -0.3 is 14.9 Å². The van der Waals surface area contributed by atoms with E-state index in [1.54, 1.807) is 9.80 Å². The van der Waals surface area contributed by atoms with Crippen molar-refractivity contribution in [2.75, 3.05) is 26.2 Å². The van der Waals surface area contributed by atoms with Crippen LogP contribution < -0.4 is 0 Å². The first-order chi connectivity index (χ1) is 9.40. The van der Waals surface area contributed by atoms with Crippen molar-refractivity contribution in [3.05, 3.63) is 0 Å². The molecule has 0 aliphatic carbocycles. The van der Waals surface area contributed by atoms with Crippen molar-refractivity contribution in [3.8, 4) is 0 Å². The molecule has 20 heavy (non-hydrogen) atoms. The molecule has 2 saturated heterocycles. The third kappa shape index (κ3) is 2.94. The van der Waals surface area contributed by atoms with Gasteiger partial charge in [-0.3, -0.25) is 14.4 Å². The number of aliphatic carboxylic acids is 1. The van der Waals surface area contributed by atoms with Crippen LogP contribution in [0.25, 0.3) is 0 Å². The van der Waals surface area contributed by atoms with Crippen molar-refractivity contribution < 1.29 is 19.5 Å². The second kappa shape index (κ2) is 5.81. The van der Waals surface area contributed by atoms with Crippen LogP contribution in [0.1, 0.15) is 26.7 Å². The van der Waals surface area contributed by atoms with E-state index < -0.39 is 11.9 Å². The average Bonchev–Trinajstić information content (AvgIpc) is 2.35. The van der Waals surface area contributed by atoms with Gasteiger partial charge in [-0.2, -0.15) is 0 Å². The second-order valence-corrected chi connectivity index (χ2v) is 6.06. The molecule has 2 aliphatic heterocycles. The van der Waals surface area contributed by atoms with E-state index in [2.05, 4.69) is 0 Å². The molecule has 0 aromatic heterocycles. The van der Waals surface area contributed by atoms with E-state index in [0.29, 0.717) is 19.6 Å². The summed E-state index contributed by atoms with van der Waals surface area (Å²) in [5.41, 5.74) is 0. The Hall–Kier alpha value is -1.59. The molecule has 2 fully saturated rings. The summed E-state index contributed by atoms with van der Waals surface area (Å²) in [6.45, 7) is 5.54. The number of carboxylic acid groups (broad SMARTS) is 1. The summed E-state index contributed by atoms with van der Waals surface area (Å²) in [6, 6.07) is 0. The van der Waals surface area contributed by atoms with Gasteiger partial charge in [0.15, 0.2) is 0 Å². The SMILES string of the molecule is CC(C)C(=O)N1CCCC(C(=O)N2CC(C(=O)O)C2)C1. The summed E-state index contributed by atoms with van der Waals surface area (Å²) < 4.78 is 0. The molecule has 1 atom stereocenters. The van der Waals surface area contributed by atoms with Gasteiger partial charge in [-0.15, -0.1) is 0 Å². The second-order valence-electron chi connectivity index (χ2n) is 6.06. The molecule has 6 heteroatoms. The number of carbonyl (C=O) groups excluding carboxylic acids is 2. The number of hydrogen-bond donors (Lipinski definition) is 1. The Kier molecular flexibility index (Phi) is 4.30. The third-order valence-corrected chi connectivity index (χ3v) is 4.12. The fourth-order valence-corrected chi connectivity index (χ4v) is 2.82. The fraction of sp³-hybridized carbons (Fsp3) is 0.786. The summed E-state index contributed by atoms with van der Waals surface area (Å²) >= 11 is 0. The largest absolute Gasteiger partial charge is 0.481 e. The lowest BCUT2D eigenvalue weighted by Gasteiger charge is -2.41. The zero-order valence-corrected chi connectivity index (χ0v) is 12.0. The van der Waals surface area contributed by atoms with Crippen molar-refractivity contribution in [2.45, 2.75) is 26.7 Å². The minimum Gasteiger partial charge on any atom is -0.481 e. The van der Waals surface area contributed by atoms with Crippen LogP contribution in [-0.4, -0.2) is 58.9 Å². The molecule has 0 aromatic carbocycles. The van der Waals surface area contributed by atoms with Gasteiger partial charge >= 0.3 is 5.97 Å². The first-order valence-corrected chi connectivity index (χ1v) is 7.20. The minimum absolute atomic E-state index is 0.00348. The van der Waals surface area contributed by atoms with Crippen LogP contribution in [0.3, 0.4) is 0 Å². The van der Waals surface area contributed by atoms with Crippen molar-refractivity contribution in [1.82, 2.24) is 9.80 Å². The lowest BCUT2D eigenvalue weighted by Crippen LogP contribution is -2.57. The molecule has 2 aliphatic rings. The molecule has 2 amide bonds. The topological polar surface area (TPSA) is 77.9 Å². The Morgan fingerprint density at radius 3 is 2.20 bits per heavy atom. The van der Waals surface area contributed by atoms with Gasteiger partial charge in [-0.25, -0.2) is 0 Å². The molecular formula is C14H22N2O4. The maximum absolute atomic E-state index is 12.3. The summed E-state index contributed by atoms with van der Waals surface area (Å²) in [5.74, 6) is -1.38. The third-order valence-electron chi connectivity index (χ3n) is 4.12. The molecule has 2 rings (SSSR count). The Bertz CT molecular complexity index is 415. The van der Waals surface area contributed by atoms with Crippen molar-refractivity contribution in [3.63, 3.8) is 0 Å². The molecule has 1 unspecified atom stereocenters. The molecule has 0 radical (unpaired) electrons. The van der Waals surface area contributed by atoms with Crippen molar-refractivity contribution in [1.29, 1.82) is 0 Å². The highest BCUT2D eigenvalue weighted by molar-refractivity contribution is 5.84. The van der Waals surface area contributed by atoms with Gasteiger partial charge in [0, 0.05) is 32.1 Å². The summed E-state index contributed by atoms with van der Waals surface area (Å²) in [7, 11) is 0. The molecule has 0 bridgehead atoms. The summed E-state index contributed by atoms with van der Waals surface area (Å²) in [6.07, 6.45) is 1.63. The van der Waals surface area contributed by atoms with Gasteiger partial charge in [-0.05, 0) is 12.8 Å². The van der Waals surface area contributed by atoms with Crippen LogP contribution in [-0.2, 0) is 14.4 Å². The average molecular weight is 282 g/mol. The zero-order valence-electron chi connectivity index (χ0n) is 12.0. The lowest BCUT2D eigenvalue weighted by molar-refractivity contribution is -0.155.